The van der Waals surface area contributed by atoms with Gasteiger partial charge in [0.25, 0.3) is 11.8 Å². The van der Waals surface area contributed by atoms with E-state index in [9.17, 15) is 18.4 Å². The van der Waals surface area contributed by atoms with E-state index in [1.165, 1.54) is 4.90 Å². The van der Waals surface area contributed by atoms with Crippen LogP contribution in [0.15, 0.2) is 12.1 Å². The summed E-state index contributed by atoms with van der Waals surface area (Å²) in [6.07, 6.45) is 2.81. The van der Waals surface area contributed by atoms with Crippen molar-refractivity contribution in [2.75, 3.05) is 0 Å². The molecule has 0 bridgehead atoms. The van der Waals surface area contributed by atoms with Gasteiger partial charge in [0.2, 0.25) is 0 Å². The molecule has 0 aromatic heterocycles. The second-order valence-corrected chi connectivity index (χ2v) is 8.77. The maximum atomic E-state index is 14.1. The Balaban J connectivity index is 1.61. The summed E-state index contributed by atoms with van der Waals surface area (Å²) in [5, 5.41) is 0. The average Bonchev–Trinajstić information content (AvgIpc) is 2.78. The molecule has 3 saturated carbocycles. The first-order valence-electron chi connectivity index (χ1n) is 8.52. The standard InChI is InChI=1S/C19H19F2NO2/c1-17-7-9-6-12(18(2,8-17)19(9,17)3)22-15(23)13-10(20)4-5-11(21)14(13)16(22)24/h4-5,9,12H,6-8H2,1-3H3/t9-,12-,17?,18+,19?/m0/s1. The fraction of sp³-hybridized carbons (Fsp3) is 0.579. The van der Waals surface area contributed by atoms with E-state index in [-0.39, 0.29) is 22.3 Å². The van der Waals surface area contributed by atoms with Crippen molar-refractivity contribution in [1.82, 2.24) is 4.90 Å². The Morgan fingerprint density at radius 2 is 1.58 bits per heavy atom. The number of carbonyl (C=O) groups is 2. The summed E-state index contributed by atoms with van der Waals surface area (Å²) < 4.78 is 28.2. The van der Waals surface area contributed by atoms with E-state index < -0.39 is 34.6 Å². The second-order valence-electron chi connectivity index (χ2n) is 8.77. The first-order chi connectivity index (χ1) is 11.2. The molecule has 1 aliphatic heterocycles. The number of benzene rings is 1. The van der Waals surface area contributed by atoms with Gasteiger partial charge in [-0.3, -0.25) is 14.5 Å². The van der Waals surface area contributed by atoms with Crippen molar-refractivity contribution in [2.45, 2.75) is 46.1 Å². The quantitative estimate of drug-likeness (QED) is 0.735. The van der Waals surface area contributed by atoms with E-state index in [2.05, 4.69) is 20.8 Å². The zero-order valence-corrected chi connectivity index (χ0v) is 14.0. The van der Waals surface area contributed by atoms with Gasteiger partial charge in [-0.1, -0.05) is 20.8 Å². The van der Waals surface area contributed by atoms with Crippen molar-refractivity contribution >= 4 is 11.8 Å². The van der Waals surface area contributed by atoms with Crippen LogP contribution in [0.4, 0.5) is 8.78 Å². The van der Waals surface area contributed by atoms with Crippen LogP contribution in [0.25, 0.3) is 0 Å². The lowest BCUT2D eigenvalue weighted by molar-refractivity contribution is -0.279. The molecule has 2 amide bonds. The van der Waals surface area contributed by atoms with Crippen LogP contribution in [0.2, 0.25) is 0 Å². The van der Waals surface area contributed by atoms with Crippen LogP contribution in [-0.2, 0) is 0 Å². The zero-order chi connectivity index (χ0) is 17.2. The van der Waals surface area contributed by atoms with Crippen molar-refractivity contribution in [1.29, 1.82) is 0 Å². The fourth-order valence-electron chi connectivity index (χ4n) is 6.91. The SMILES string of the molecule is CC12C[C@@H]3C[C@H](N4C(=O)c5c(F)ccc(F)c5C4=O)[C@@](C)(C1)C32C. The molecule has 1 heterocycles. The first kappa shape index (κ1) is 14.6. The van der Waals surface area contributed by atoms with Gasteiger partial charge in [0.05, 0.1) is 11.1 Å². The highest BCUT2D eigenvalue weighted by atomic mass is 19.1. The van der Waals surface area contributed by atoms with Gasteiger partial charge in [-0.05, 0) is 53.6 Å². The van der Waals surface area contributed by atoms with Crippen LogP contribution in [-0.4, -0.2) is 22.8 Å². The summed E-state index contributed by atoms with van der Waals surface area (Å²) in [5.41, 5.74) is -0.566. The van der Waals surface area contributed by atoms with Crippen LogP contribution < -0.4 is 0 Å². The summed E-state index contributed by atoms with van der Waals surface area (Å²) in [7, 11) is 0. The van der Waals surface area contributed by atoms with Crippen molar-refractivity contribution in [3.8, 4) is 0 Å². The van der Waals surface area contributed by atoms with Gasteiger partial charge in [-0.15, -0.1) is 0 Å². The summed E-state index contributed by atoms with van der Waals surface area (Å²) in [4.78, 5) is 26.7. The minimum absolute atomic E-state index is 0.108. The topological polar surface area (TPSA) is 37.4 Å². The highest BCUT2D eigenvalue weighted by molar-refractivity contribution is 6.22. The predicted octanol–water partition coefficient (Wildman–Crippen LogP) is 3.78. The number of rotatable bonds is 1. The van der Waals surface area contributed by atoms with Crippen molar-refractivity contribution in [2.24, 2.45) is 22.2 Å². The molecule has 1 aromatic carbocycles. The third kappa shape index (κ3) is 1.16. The smallest absolute Gasteiger partial charge is 0.264 e. The lowest BCUT2D eigenvalue weighted by Crippen LogP contribution is -2.71. The van der Waals surface area contributed by atoms with Gasteiger partial charge < -0.3 is 0 Å². The fourth-order valence-corrected chi connectivity index (χ4v) is 6.91. The minimum atomic E-state index is -0.817. The van der Waals surface area contributed by atoms with Crippen LogP contribution in [0.3, 0.4) is 0 Å². The van der Waals surface area contributed by atoms with E-state index in [1.54, 1.807) is 0 Å². The molecule has 2 unspecified atom stereocenters. The van der Waals surface area contributed by atoms with Gasteiger partial charge >= 0.3 is 0 Å². The van der Waals surface area contributed by atoms with Crippen molar-refractivity contribution < 1.29 is 18.4 Å². The lowest BCUT2D eigenvalue weighted by atomic mass is 9.28. The van der Waals surface area contributed by atoms with E-state index in [1.807, 2.05) is 0 Å². The highest BCUT2D eigenvalue weighted by Crippen LogP contribution is 2.86. The maximum Gasteiger partial charge on any atom is 0.264 e. The number of imide groups is 1. The zero-order valence-electron chi connectivity index (χ0n) is 14.0. The predicted molar refractivity (Wildman–Crippen MR) is 82.3 cm³/mol. The van der Waals surface area contributed by atoms with Gasteiger partial charge in [0.15, 0.2) is 0 Å². The van der Waals surface area contributed by atoms with Crippen LogP contribution in [0.5, 0.6) is 0 Å². The molecule has 126 valence electrons. The summed E-state index contributed by atoms with van der Waals surface area (Å²) in [6, 6.07) is 1.57. The molecular formula is C19H19F2NO2. The van der Waals surface area contributed by atoms with Gasteiger partial charge in [0, 0.05) is 6.04 Å². The van der Waals surface area contributed by atoms with E-state index in [0.717, 1.165) is 31.4 Å². The largest absolute Gasteiger partial charge is 0.270 e. The Morgan fingerprint density at radius 3 is 2.04 bits per heavy atom. The molecule has 0 spiro atoms. The van der Waals surface area contributed by atoms with Gasteiger partial charge in [-0.2, -0.15) is 0 Å². The van der Waals surface area contributed by atoms with Crippen molar-refractivity contribution in [3.63, 3.8) is 0 Å². The monoisotopic (exact) mass is 331 g/mol. The molecule has 24 heavy (non-hydrogen) atoms. The summed E-state index contributed by atoms with van der Waals surface area (Å²) in [6.45, 7) is 6.66. The summed E-state index contributed by atoms with van der Waals surface area (Å²) in [5.74, 6) is -2.50. The van der Waals surface area contributed by atoms with Crippen molar-refractivity contribution in [3.05, 3.63) is 34.9 Å². The van der Waals surface area contributed by atoms with Crippen LogP contribution in [0.1, 0.15) is 60.7 Å². The number of hydrogen-bond donors (Lipinski definition) is 0. The van der Waals surface area contributed by atoms with Gasteiger partial charge in [-0.25, -0.2) is 8.78 Å². The molecule has 5 atom stereocenters. The molecule has 0 saturated heterocycles. The Bertz CT molecular complexity index is 811. The first-order valence-corrected chi connectivity index (χ1v) is 8.52. The van der Waals surface area contributed by atoms with E-state index in [0.29, 0.717) is 5.92 Å². The maximum absolute atomic E-state index is 14.1. The Labute approximate surface area is 139 Å². The molecule has 0 radical (unpaired) electrons. The molecule has 4 aliphatic rings. The number of fused-ring (bicyclic) bond motifs is 1. The molecule has 1 aromatic rings. The second kappa shape index (κ2) is 3.73. The number of amides is 2. The Hall–Kier alpha value is -1.78. The molecule has 3 nitrogen and oxygen atoms in total. The third-order valence-electron chi connectivity index (χ3n) is 8.23. The molecule has 5 rings (SSSR count). The normalized spacial score (nSPS) is 45.0. The number of hydrogen-bond acceptors (Lipinski definition) is 2. The Morgan fingerprint density at radius 1 is 1.04 bits per heavy atom. The third-order valence-corrected chi connectivity index (χ3v) is 8.23. The minimum Gasteiger partial charge on any atom is -0.270 e. The molecule has 5 heteroatoms. The Kier molecular flexibility index (Phi) is 2.26. The number of halogens is 2. The number of carbonyl (C=O) groups excluding carboxylic acids is 2. The highest BCUT2D eigenvalue weighted by Gasteiger charge is 2.82. The average molecular weight is 331 g/mol. The molecule has 0 N–H and O–H groups in total. The van der Waals surface area contributed by atoms with Gasteiger partial charge in [0.1, 0.15) is 11.6 Å². The van der Waals surface area contributed by atoms with E-state index >= 15 is 0 Å². The molecule has 3 fully saturated rings. The lowest BCUT2D eigenvalue weighted by Gasteiger charge is -2.76. The molecule has 3 aliphatic carbocycles. The van der Waals surface area contributed by atoms with E-state index in [4.69, 9.17) is 0 Å². The summed E-state index contributed by atoms with van der Waals surface area (Å²) >= 11 is 0. The van der Waals surface area contributed by atoms with Crippen LogP contribution >= 0.6 is 0 Å². The molecular weight excluding hydrogens is 312 g/mol. The van der Waals surface area contributed by atoms with Crippen LogP contribution in [0, 0.1) is 33.8 Å². The number of nitrogens with zero attached hydrogens (tertiary/aromatic N) is 1.